The van der Waals surface area contributed by atoms with Crippen LogP contribution >= 0.6 is 0 Å². The smallest absolute Gasteiger partial charge is 0.295 e. The van der Waals surface area contributed by atoms with E-state index >= 15 is 0 Å². The molecule has 5 aromatic rings. The Morgan fingerprint density at radius 1 is 0.861 bits per heavy atom. The standard InChI is InChI=1S/C29H23FN4O2/c1-19-8-17-26(20(2)18-19)34-28(21-9-11-22(30)12-10-21)32-27(33-34)29(35)31-23-13-15-25(16-14-23)36-24-6-4-3-5-7-24/h3-18H,1-2H3,(H,31,35). The van der Waals surface area contributed by atoms with Gasteiger partial charge in [-0.2, -0.15) is 0 Å². The summed E-state index contributed by atoms with van der Waals surface area (Å²) in [5, 5.41) is 7.35. The van der Waals surface area contributed by atoms with Gasteiger partial charge in [-0.1, -0.05) is 35.9 Å². The van der Waals surface area contributed by atoms with Crippen LogP contribution in [0, 0.1) is 19.7 Å². The number of halogens is 1. The number of hydrogen-bond acceptors (Lipinski definition) is 4. The molecule has 0 saturated heterocycles. The molecule has 1 aromatic heterocycles. The summed E-state index contributed by atoms with van der Waals surface area (Å²) in [4.78, 5) is 17.6. The number of benzene rings is 4. The molecule has 0 unspecified atom stereocenters. The van der Waals surface area contributed by atoms with Gasteiger partial charge in [0, 0.05) is 11.3 Å². The monoisotopic (exact) mass is 478 g/mol. The van der Waals surface area contributed by atoms with E-state index in [-0.39, 0.29) is 11.6 Å². The van der Waals surface area contributed by atoms with Crippen LogP contribution < -0.4 is 10.1 Å². The Bertz CT molecular complexity index is 1510. The van der Waals surface area contributed by atoms with E-state index in [4.69, 9.17) is 4.74 Å². The zero-order valence-electron chi connectivity index (χ0n) is 19.8. The summed E-state index contributed by atoms with van der Waals surface area (Å²) in [6.45, 7) is 3.98. The SMILES string of the molecule is Cc1ccc(-n2nc(C(=O)Nc3ccc(Oc4ccccc4)cc3)nc2-c2ccc(F)cc2)c(C)c1. The highest BCUT2D eigenvalue weighted by Gasteiger charge is 2.20. The largest absolute Gasteiger partial charge is 0.457 e. The van der Waals surface area contributed by atoms with Gasteiger partial charge in [-0.3, -0.25) is 4.79 Å². The van der Waals surface area contributed by atoms with Crippen molar-refractivity contribution in [3.8, 4) is 28.6 Å². The Labute approximate surface area is 208 Å². The first-order valence-electron chi connectivity index (χ1n) is 11.4. The highest BCUT2D eigenvalue weighted by Crippen LogP contribution is 2.26. The lowest BCUT2D eigenvalue weighted by Crippen LogP contribution is -2.14. The second-order valence-corrected chi connectivity index (χ2v) is 8.36. The molecule has 6 nitrogen and oxygen atoms in total. The Kier molecular flexibility index (Phi) is 6.28. The van der Waals surface area contributed by atoms with Crippen LogP contribution in [-0.2, 0) is 0 Å². The Morgan fingerprint density at radius 3 is 2.25 bits per heavy atom. The fraction of sp³-hybridized carbons (Fsp3) is 0.0690. The average molecular weight is 479 g/mol. The van der Waals surface area contributed by atoms with Crippen LogP contribution in [0.25, 0.3) is 17.1 Å². The number of ether oxygens (including phenoxy) is 1. The molecule has 0 radical (unpaired) electrons. The van der Waals surface area contributed by atoms with E-state index in [0.717, 1.165) is 22.6 Å². The molecular formula is C29H23FN4O2. The van der Waals surface area contributed by atoms with E-state index in [1.54, 1.807) is 41.1 Å². The van der Waals surface area contributed by atoms with Crippen LogP contribution in [0.2, 0.25) is 0 Å². The third-order valence-corrected chi connectivity index (χ3v) is 5.58. The zero-order chi connectivity index (χ0) is 25.1. The fourth-order valence-electron chi connectivity index (χ4n) is 3.82. The average Bonchev–Trinajstić information content (AvgIpc) is 3.32. The van der Waals surface area contributed by atoms with Crippen LogP contribution in [0.15, 0.2) is 97.1 Å². The number of rotatable bonds is 6. The van der Waals surface area contributed by atoms with Crippen molar-refractivity contribution < 1.29 is 13.9 Å². The third kappa shape index (κ3) is 5.00. The van der Waals surface area contributed by atoms with E-state index in [1.807, 2.05) is 62.4 Å². The van der Waals surface area contributed by atoms with Crippen LogP contribution in [-0.4, -0.2) is 20.7 Å². The number of nitrogens with one attached hydrogen (secondary N) is 1. The fourth-order valence-corrected chi connectivity index (χ4v) is 3.82. The van der Waals surface area contributed by atoms with E-state index < -0.39 is 5.91 Å². The molecule has 7 heteroatoms. The molecule has 1 heterocycles. The van der Waals surface area contributed by atoms with Crippen LogP contribution in [0.3, 0.4) is 0 Å². The summed E-state index contributed by atoms with van der Waals surface area (Å²) in [5.74, 6) is 1.00. The number of aryl methyl sites for hydroxylation is 2. The molecule has 4 aromatic carbocycles. The molecular weight excluding hydrogens is 455 g/mol. The minimum absolute atomic E-state index is 0.00101. The number of hydrogen-bond donors (Lipinski definition) is 1. The van der Waals surface area contributed by atoms with Crippen molar-refractivity contribution in [3.63, 3.8) is 0 Å². The van der Waals surface area contributed by atoms with Crippen LogP contribution in [0.4, 0.5) is 10.1 Å². The number of amides is 1. The van der Waals surface area contributed by atoms with Crippen LogP contribution in [0.5, 0.6) is 11.5 Å². The highest BCUT2D eigenvalue weighted by molar-refractivity contribution is 6.01. The molecule has 0 aliphatic carbocycles. The summed E-state index contributed by atoms with van der Waals surface area (Å²) in [7, 11) is 0. The van der Waals surface area contributed by atoms with E-state index in [1.165, 1.54) is 12.1 Å². The van der Waals surface area contributed by atoms with Crippen molar-refractivity contribution in [3.05, 3.63) is 120 Å². The van der Waals surface area contributed by atoms with Crippen molar-refractivity contribution in [2.75, 3.05) is 5.32 Å². The quantitative estimate of drug-likeness (QED) is 0.294. The Balaban J connectivity index is 1.42. The molecule has 36 heavy (non-hydrogen) atoms. The molecule has 0 atom stereocenters. The first kappa shape index (κ1) is 23.0. The van der Waals surface area contributed by atoms with Crippen molar-refractivity contribution in [2.45, 2.75) is 13.8 Å². The summed E-state index contributed by atoms with van der Waals surface area (Å²) in [6, 6.07) is 28.4. The van der Waals surface area contributed by atoms with Crippen molar-refractivity contribution in [1.29, 1.82) is 0 Å². The topological polar surface area (TPSA) is 69.0 Å². The molecule has 0 saturated carbocycles. The number of nitrogens with zero attached hydrogens (tertiary/aromatic N) is 3. The van der Waals surface area contributed by atoms with Gasteiger partial charge in [-0.05, 0) is 86.1 Å². The van der Waals surface area contributed by atoms with Gasteiger partial charge in [0.1, 0.15) is 17.3 Å². The van der Waals surface area contributed by atoms with Gasteiger partial charge in [0.15, 0.2) is 5.82 Å². The summed E-state index contributed by atoms with van der Waals surface area (Å²) >= 11 is 0. The molecule has 5 rings (SSSR count). The lowest BCUT2D eigenvalue weighted by molar-refractivity contribution is 0.101. The van der Waals surface area contributed by atoms with Gasteiger partial charge in [0.2, 0.25) is 5.82 Å². The van der Waals surface area contributed by atoms with Gasteiger partial charge >= 0.3 is 0 Å². The summed E-state index contributed by atoms with van der Waals surface area (Å²) in [6.07, 6.45) is 0. The van der Waals surface area contributed by atoms with Gasteiger partial charge in [-0.15, -0.1) is 5.10 Å². The van der Waals surface area contributed by atoms with Crippen LogP contribution in [0.1, 0.15) is 21.7 Å². The maximum atomic E-state index is 13.5. The van der Waals surface area contributed by atoms with Gasteiger partial charge in [0.25, 0.3) is 5.91 Å². The first-order chi connectivity index (χ1) is 17.5. The lowest BCUT2D eigenvalue weighted by atomic mass is 10.1. The highest BCUT2D eigenvalue weighted by atomic mass is 19.1. The number of carbonyl (C=O) groups is 1. The predicted molar refractivity (Wildman–Crippen MR) is 137 cm³/mol. The minimum Gasteiger partial charge on any atom is -0.457 e. The van der Waals surface area contributed by atoms with E-state index in [9.17, 15) is 9.18 Å². The Morgan fingerprint density at radius 2 is 1.56 bits per heavy atom. The zero-order valence-corrected chi connectivity index (χ0v) is 19.8. The summed E-state index contributed by atoms with van der Waals surface area (Å²) < 4.78 is 21.0. The molecule has 0 spiro atoms. The van der Waals surface area contributed by atoms with Crippen molar-refractivity contribution >= 4 is 11.6 Å². The maximum Gasteiger partial charge on any atom is 0.295 e. The molecule has 1 N–H and O–H groups in total. The number of para-hydroxylation sites is 1. The van der Waals surface area contributed by atoms with E-state index in [2.05, 4.69) is 15.4 Å². The molecule has 0 aliphatic rings. The van der Waals surface area contributed by atoms with Gasteiger partial charge in [0.05, 0.1) is 5.69 Å². The lowest BCUT2D eigenvalue weighted by Gasteiger charge is -2.10. The maximum absolute atomic E-state index is 13.5. The van der Waals surface area contributed by atoms with Crippen molar-refractivity contribution in [2.24, 2.45) is 0 Å². The second-order valence-electron chi connectivity index (χ2n) is 8.36. The first-order valence-corrected chi connectivity index (χ1v) is 11.4. The summed E-state index contributed by atoms with van der Waals surface area (Å²) in [5.41, 5.74) is 4.09. The molecule has 0 fully saturated rings. The number of anilines is 1. The van der Waals surface area contributed by atoms with Gasteiger partial charge < -0.3 is 10.1 Å². The second kappa shape index (κ2) is 9.84. The molecule has 0 aliphatic heterocycles. The predicted octanol–water partition coefficient (Wildman–Crippen LogP) is 6.73. The Hall–Kier alpha value is -4.78. The number of carbonyl (C=O) groups excluding carboxylic acids is 1. The molecule has 0 bridgehead atoms. The van der Waals surface area contributed by atoms with E-state index in [0.29, 0.717) is 22.8 Å². The van der Waals surface area contributed by atoms with Crippen molar-refractivity contribution in [1.82, 2.24) is 14.8 Å². The molecule has 178 valence electrons. The molecule has 1 amide bonds. The minimum atomic E-state index is -0.460. The number of aromatic nitrogens is 3. The third-order valence-electron chi connectivity index (χ3n) is 5.58. The van der Waals surface area contributed by atoms with Gasteiger partial charge in [-0.25, -0.2) is 14.1 Å². The normalized spacial score (nSPS) is 10.8.